The molecule has 0 heterocycles. The number of fused-ring (bicyclic) bond motifs is 1. The Hall–Kier alpha value is -0.630. The molecule has 86 valence electrons. The molecule has 1 nitrogen and oxygen atoms in total. The normalized spacial score (nSPS) is 20.5. The fraction of sp³-hybridized carbons (Fsp3) is 0.500. The van der Waals surface area contributed by atoms with Crippen LogP contribution in [0.25, 0.3) is 0 Å². The van der Waals surface area contributed by atoms with Crippen molar-refractivity contribution in [1.82, 2.24) is 0 Å². The number of Topliss-reactive ketones (excluding diaryl/α,β-unsaturated/α-hetero) is 1. The van der Waals surface area contributed by atoms with Crippen molar-refractivity contribution in [2.24, 2.45) is 5.92 Å². The number of carbonyl (C=O) groups excluding carboxylic acids is 1. The van der Waals surface area contributed by atoms with Gasteiger partial charge in [0.15, 0.2) is 5.78 Å². The van der Waals surface area contributed by atoms with Gasteiger partial charge in [-0.1, -0.05) is 22.9 Å². The SMILES string of the molecule is Cc1cc(Br)c(C)c2c1CCC(C)CC2=O. The van der Waals surface area contributed by atoms with E-state index < -0.39 is 0 Å². The Morgan fingerprint density at radius 3 is 2.75 bits per heavy atom. The first-order valence-electron chi connectivity index (χ1n) is 5.82. The third-order valence-corrected chi connectivity index (χ3v) is 4.38. The molecule has 1 atom stereocenters. The van der Waals surface area contributed by atoms with Gasteiger partial charge in [0.05, 0.1) is 0 Å². The first-order chi connectivity index (χ1) is 7.50. The topological polar surface area (TPSA) is 17.1 Å². The zero-order valence-electron chi connectivity index (χ0n) is 10.1. The molecule has 0 saturated heterocycles. The molecule has 0 N–H and O–H groups in total. The van der Waals surface area contributed by atoms with Crippen LogP contribution in [0.2, 0.25) is 0 Å². The molecule has 0 spiro atoms. The van der Waals surface area contributed by atoms with Crippen molar-refractivity contribution in [2.75, 3.05) is 0 Å². The molecule has 1 aliphatic carbocycles. The summed E-state index contributed by atoms with van der Waals surface area (Å²) in [6.45, 7) is 6.31. The van der Waals surface area contributed by atoms with E-state index in [1.807, 2.05) is 6.92 Å². The Kier molecular flexibility index (Phi) is 3.20. The van der Waals surface area contributed by atoms with Gasteiger partial charge >= 0.3 is 0 Å². The standard InChI is InChI=1S/C14H17BrO/c1-8-4-5-11-9(2)7-12(15)10(3)14(11)13(16)6-8/h7-8H,4-6H2,1-3H3. The summed E-state index contributed by atoms with van der Waals surface area (Å²) in [5, 5.41) is 0. The van der Waals surface area contributed by atoms with Gasteiger partial charge in [-0.2, -0.15) is 0 Å². The highest BCUT2D eigenvalue weighted by Crippen LogP contribution is 2.32. The summed E-state index contributed by atoms with van der Waals surface area (Å²) in [4.78, 5) is 12.2. The third-order valence-electron chi connectivity index (χ3n) is 3.55. The summed E-state index contributed by atoms with van der Waals surface area (Å²) in [5.74, 6) is 0.833. The van der Waals surface area contributed by atoms with Crippen LogP contribution >= 0.6 is 15.9 Å². The minimum Gasteiger partial charge on any atom is -0.294 e. The Bertz CT molecular complexity index is 449. The molecule has 1 unspecified atom stereocenters. The van der Waals surface area contributed by atoms with Gasteiger partial charge in [0, 0.05) is 16.5 Å². The lowest BCUT2D eigenvalue weighted by Gasteiger charge is -2.13. The van der Waals surface area contributed by atoms with Gasteiger partial charge in [-0.15, -0.1) is 0 Å². The summed E-state index contributed by atoms with van der Waals surface area (Å²) in [6.07, 6.45) is 2.87. The van der Waals surface area contributed by atoms with Crippen molar-refractivity contribution in [3.05, 3.63) is 32.8 Å². The highest BCUT2D eigenvalue weighted by molar-refractivity contribution is 9.10. The van der Waals surface area contributed by atoms with Crippen molar-refractivity contribution in [1.29, 1.82) is 0 Å². The predicted molar refractivity (Wildman–Crippen MR) is 70.0 cm³/mol. The Morgan fingerprint density at radius 2 is 2.06 bits per heavy atom. The second-order valence-electron chi connectivity index (χ2n) is 4.92. The number of aryl methyl sites for hydroxylation is 1. The number of hydrogen-bond donors (Lipinski definition) is 0. The fourth-order valence-corrected chi connectivity index (χ4v) is 3.08. The number of ketones is 1. The van der Waals surface area contributed by atoms with E-state index in [0.29, 0.717) is 18.1 Å². The summed E-state index contributed by atoms with van der Waals surface area (Å²) >= 11 is 3.54. The molecule has 0 radical (unpaired) electrons. The number of carbonyl (C=O) groups is 1. The van der Waals surface area contributed by atoms with Crippen LogP contribution in [0.15, 0.2) is 10.5 Å². The number of rotatable bonds is 0. The minimum absolute atomic E-state index is 0.321. The molecule has 0 fully saturated rings. The molecule has 1 aromatic carbocycles. The van der Waals surface area contributed by atoms with E-state index in [-0.39, 0.29) is 0 Å². The van der Waals surface area contributed by atoms with Gasteiger partial charge in [0.25, 0.3) is 0 Å². The fourth-order valence-electron chi connectivity index (χ4n) is 2.54. The van der Waals surface area contributed by atoms with Gasteiger partial charge in [-0.25, -0.2) is 0 Å². The summed E-state index contributed by atoms with van der Waals surface area (Å²) in [6, 6.07) is 2.14. The summed E-state index contributed by atoms with van der Waals surface area (Å²) < 4.78 is 1.06. The van der Waals surface area contributed by atoms with Crippen molar-refractivity contribution < 1.29 is 4.79 Å². The molecule has 1 aromatic rings. The average molecular weight is 281 g/mol. The van der Waals surface area contributed by atoms with Crippen LogP contribution < -0.4 is 0 Å². The van der Waals surface area contributed by atoms with Crippen molar-refractivity contribution in [3.63, 3.8) is 0 Å². The zero-order valence-corrected chi connectivity index (χ0v) is 11.6. The minimum atomic E-state index is 0.321. The molecule has 0 saturated carbocycles. The number of hydrogen-bond acceptors (Lipinski definition) is 1. The van der Waals surface area contributed by atoms with E-state index in [1.54, 1.807) is 0 Å². The maximum Gasteiger partial charge on any atom is 0.163 e. The summed E-state index contributed by atoms with van der Waals surface area (Å²) in [5.41, 5.74) is 4.61. The average Bonchev–Trinajstić information content (AvgIpc) is 2.34. The molecule has 0 aromatic heterocycles. The van der Waals surface area contributed by atoms with Crippen molar-refractivity contribution >= 4 is 21.7 Å². The van der Waals surface area contributed by atoms with Crippen molar-refractivity contribution in [2.45, 2.75) is 40.0 Å². The highest BCUT2D eigenvalue weighted by atomic mass is 79.9. The van der Waals surface area contributed by atoms with Gasteiger partial charge in [0.2, 0.25) is 0 Å². The van der Waals surface area contributed by atoms with Gasteiger partial charge in [-0.05, 0) is 55.4 Å². The van der Waals surface area contributed by atoms with Crippen LogP contribution in [-0.4, -0.2) is 5.78 Å². The molecule has 1 aliphatic rings. The smallest absolute Gasteiger partial charge is 0.163 e. The van der Waals surface area contributed by atoms with Crippen LogP contribution in [-0.2, 0) is 6.42 Å². The molecule has 0 bridgehead atoms. The Labute approximate surface area is 105 Å². The van der Waals surface area contributed by atoms with Crippen molar-refractivity contribution in [3.8, 4) is 0 Å². The van der Waals surface area contributed by atoms with E-state index in [0.717, 1.165) is 28.4 Å². The quantitative estimate of drug-likeness (QED) is 0.651. The Morgan fingerprint density at radius 1 is 1.38 bits per heavy atom. The second kappa shape index (κ2) is 4.33. The van der Waals surface area contributed by atoms with Crippen LogP contribution in [0.3, 0.4) is 0 Å². The van der Waals surface area contributed by atoms with Gasteiger partial charge in [0.1, 0.15) is 0 Å². The summed E-state index contributed by atoms with van der Waals surface area (Å²) in [7, 11) is 0. The zero-order chi connectivity index (χ0) is 11.9. The lowest BCUT2D eigenvalue weighted by Crippen LogP contribution is -2.07. The molecule has 0 amide bonds. The monoisotopic (exact) mass is 280 g/mol. The number of halogens is 1. The highest BCUT2D eigenvalue weighted by Gasteiger charge is 2.23. The molecule has 2 heteroatoms. The molecular weight excluding hydrogens is 264 g/mol. The van der Waals surface area contributed by atoms with E-state index in [4.69, 9.17) is 0 Å². The molecule has 2 rings (SSSR count). The van der Waals surface area contributed by atoms with E-state index >= 15 is 0 Å². The predicted octanol–water partition coefficient (Wildman–Crippen LogP) is 4.22. The maximum atomic E-state index is 12.2. The van der Waals surface area contributed by atoms with Crippen LogP contribution in [0, 0.1) is 19.8 Å². The lowest BCUT2D eigenvalue weighted by molar-refractivity contribution is 0.0966. The van der Waals surface area contributed by atoms with Crippen LogP contribution in [0.5, 0.6) is 0 Å². The molecular formula is C14H17BrO. The van der Waals surface area contributed by atoms with E-state index in [1.165, 1.54) is 11.1 Å². The van der Waals surface area contributed by atoms with Gasteiger partial charge in [-0.3, -0.25) is 4.79 Å². The molecule has 0 aliphatic heterocycles. The van der Waals surface area contributed by atoms with E-state index in [9.17, 15) is 4.79 Å². The van der Waals surface area contributed by atoms with Crippen LogP contribution in [0.4, 0.5) is 0 Å². The first-order valence-corrected chi connectivity index (χ1v) is 6.61. The molecule has 16 heavy (non-hydrogen) atoms. The third kappa shape index (κ3) is 1.95. The van der Waals surface area contributed by atoms with Crippen LogP contribution in [0.1, 0.15) is 46.8 Å². The maximum absolute atomic E-state index is 12.2. The Balaban J connectivity index is 2.64. The second-order valence-corrected chi connectivity index (χ2v) is 5.78. The lowest BCUT2D eigenvalue weighted by atomic mass is 9.93. The number of benzene rings is 1. The van der Waals surface area contributed by atoms with E-state index in [2.05, 4.69) is 35.8 Å². The largest absolute Gasteiger partial charge is 0.294 e. The van der Waals surface area contributed by atoms with Gasteiger partial charge < -0.3 is 0 Å². The first kappa shape index (κ1) is 11.8.